The first-order chi connectivity index (χ1) is 12.0. The highest BCUT2D eigenvalue weighted by Crippen LogP contribution is 2.26. The molecule has 0 bridgehead atoms. The van der Waals surface area contributed by atoms with E-state index in [4.69, 9.17) is 0 Å². The number of hydrogen-bond acceptors (Lipinski definition) is 4. The summed E-state index contributed by atoms with van der Waals surface area (Å²) in [7, 11) is 0. The Morgan fingerprint density at radius 3 is 2.60 bits per heavy atom. The molecule has 0 N–H and O–H groups in total. The van der Waals surface area contributed by atoms with Crippen molar-refractivity contribution in [3.63, 3.8) is 0 Å². The van der Waals surface area contributed by atoms with Crippen molar-refractivity contribution in [2.75, 3.05) is 12.3 Å². The van der Waals surface area contributed by atoms with Gasteiger partial charge in [-0.15, -0.1) is 0 Å². The van der Waals surface area contributed by atoms with Crippen LogP contribution in [0.1, 0.15) is 15.9 Å². The fourth-order valence-corrected chi connectivity index (χ4v) is 3.36. The highest BCUT2D eigenvalue weighted by atomic mass is 32.2. The number of hydrogen-bond donors (Lipinski definition) is 0. The largest absolute Gasteiger partial charge is 0.435 e. The summed E-state index contributed by atoms with van der Waals surface area (Å²) >= 11 is 1.52. The number of alkyl halides is 2. The minimum Gasteiger partial charge on any atom is -0.435 e. The van der Waals surface area contributed by atoms with Crippen molar-refractivity contribution < 1.29 is 18.3 Å². The summed E-state index contributed by atoms with van der Waals surface area (Å²) in [5, 5.41) is 0.646. The summed E-state index contributed by atoms with van der Waals surface area (Å²) in [5.41, 5.74) is 2.26. The van der Waals surface area contributed by atoms with Crippen molar-refractivity contribution in [3.8, 4) is 5.75 Å². The molecule has 2 aromatic carbocycles. The molecule has 0 radical (unpaired) electrons. The third-order valence-electron chi connectivity index (χ3n) is 3.68. The van der Waals surface area contributed by atoms with Gasteiger partial charge in [-0.2, -0.15) is 8.78 Å². The molecule has 0 unspecified atom stereocenters. The van der Waals surface area contributed by atoms with E-state index < -0.39 is 6.61 Å². The number of ether oxygens (including phenoxy) is 1. The van der Waals surface area contributed by atoms with Crippen LogP contribution >= 0.6 is 11.8 Å². The Kier molecular flexibility index (Phi) is 5.33. The number of thioether (sulfide) groups is 1. The molecule has 7 heteroatoms. The Bertz CT molecular complexity index is 794. The molecule has 3 rings (SSSR count). The van der Waals surface area contributed by atoms with Crippen molar-refractivity contribution in [1.29, 1.82) is 0 Å². The molecular weight excluding hydrogens is 346 g/mol. The van der Waals surface area contributed by atoms with E-state index in [1.807, 2.05) is 31.2 Å². The number of aliphatic imine (C=N–C) groups is 1. The third kappa shape index (κ3) is 4.17. The van der Waals surface area contributed by atoms with Crippen molar-refractivity contribution >= 4 is 28.5 Å². The van der Waals surface area contributed by atoms with Crippen LogP contribution in [0.2, 0.25) is 0 Å². The molecule has 0 aromatic heterocycles. The molecule has 130 valence electrons. The van der Waals surface area contributed by atoms with Gasteiger partial charge in [-0.25, -0.2) is 4.99 Å². The van der Waals surface area contributed by atoms with Crippen LogP contribution in [0.15, 0.2) is 53.5 Å². The number of amides is 1. The first kappa shape index (κ1) is 17.4. The lowest BCUT2D eigenvalue weighted by Gasteiger charge is -2.16. The maximum Gasteiger partial charge on any atom is 0.387 e. The van der Waals surface area contributed by atoms with E-state index in [1.165, 1.54) is 36.0 Å². The van der Waals surface area contributed by atoms with Crippen LogP contribution in [0.4, 0.5) is 14.5 Å². The van der Waals surface area contributed by atoms with E-state index in [-0.39, 0.29) is 11.7 Å². The SMILES string of the molecule is Cc1ccccc1N=C1SCCN1C(=O)c1ccc(OC(F)F)cc1. The molecule has 0 aliphatic carbocycles. The molecule has 0 atom stereocenters. The van der Waals surface area contributed by atoms with Crippen LogP contribution in [-0.2, 0) is 0 Å². The lowest BCUT2D eigenvalue weighted by molar-refractivity contribution is -0.0498. The number of carbonyl (C=O) groups excluding carboxylic acids is 1. The van der Waals surface area contributed by atoms with Crippen LogP contribution in [-0.4, -0.2) is 34.9 Å². The Morgan fingerprint density at radius 2 is 1.92 bits per heavy atom. The maximum atomic E-state index is 12.7. The zero-order chi connectivity index (χ0) is 17.8. The fourth-order valence-electron chi connectivity index (χ4n) is 2.41. The summed E-state index contributed by atoms with van der Waals surface area (Å²) < 4.78 is 28.7. The standard InChI is InChI=1S/C18H16F2N2O2S/c1-12-4-2-3-5-15(12)21-18-22(10-11-25-18)16(23)13-6-8-14(9-7-13)24-17(19)20/h2-9,17H,10-11H2,1H3. The van der Waals surface area contributed by atoms with Gasteiger partial charge in [0.25, 0.3) is 5.91 Å². The number of halogens is 2. The molecule has 1 fully saturated rings. The van der Waals surface area contributed by atoms with E-state index >= 15 is 0 Å². The zero-order valence-corrected chi connectivity index (χ0v) is 14.3. The van der Waals surface area contributed by atoms with Gasteiger partial charge in [0.15, 0.2) is 5.17 Å². The minimum atomic E-state index is -2.88. The van der Waals surface area contributed by atoms with Gasteiger partial charge in [0.05, 0.1) is 5.69 Å². The second-order valence-electron chi connectivity index (χ2n) is 5.39. The molecule has 0 saturated carbocycles. The summed E-state index contributed by atoms with van der Waals surface area (Å²) in [4.78, 5) is 18.9. The first-order valence-corrected chi connectivity index (χ1v) is 8.67. The van der Waals surface area contributed by atoms with Crippen LogP contribution in [0.3, 0.4) is 0 Å². The Morgan fingerprint density at radius 1 is 1.20 bits per heavy atom. The molecule has 1 heterocycles. The number of amidine groups is 1. The van der Waals surface area contributed by atoms with Crippen molar-refractivity contribution in [2.45, 2.75) is 13.5 Å². The molecule has 25 heavy (non-hydrogen) atoms. The van der Waals surface area contributed by atoms with Gasteiger partial charge < -0.3 is 4.74 Å². The average Bonchev–Trinajstić information content (AvgIpc) is 3.05. The Labute approximate surface area is 148 Å². The van der Waals surface area contributed by atoms with Crippen molar-refractivity contribution in [1.82, 2.24) is 4.90 Å². The number of rotatable bonds is 4. The Hall–Kier alpha value is -2.41. The van der Waals surface area contributed by atoms with Gasteiger partial charge >= 0.3 is 6.61 Å². The van der Waals surface area contributed by atoms with E-state index in [1.54, 1.807) is 4.90 Å². The molecule has 1 amide bonds. The summed E-state index contributed by atoms with van der Waals surface area (Å²) in [6.07, 6.45) is 0. The number of nitrogens with zero attached hydrogens (tertiary/aromatic N) is 2. The predicted molar refractivity (Wildman–Crippen MR) is 94.8 cm³/mol. The highest BCUT2D eigenvalue weighted by molar-refractivity contribution is 8.14. The zero-order valence-electron chi connectivity index (χ0n) is 13.5. The van der Waals surface area contributed by atoms with E-state index in [9.17, 15) is 13.6 Å². The van der Waals surface area contributed by atoms with Gasteiger partial charge in [0.2, 0.25) is 0 Å². The second-order valence-corrected chi connectivity index (χ2v) is 6.45. The topological polar surface area (TPSA) is 41.9 Å². The van der Waals surface area contributed by atoms with Crippen LogP contribution in [0.25, 0.3) is 0 Å². The van der Waals surface area contributed by atoms with Crippen LogP contribution in [0, 0.1) is 6.92 Å². The minimum absolute atomic E-state index is 0.0242. The number of benzene rings is 2. The predicted octanol–water partition coefficient (Wildman–Crippen LogP) is 4.47. The summed E-state index contributed by atoms with van der Waals surface area (Å²) in [6.45, 7) is -0.361. The van der Waals surface area contributed by atoms with Gasteiger partial charge in [-0.3, -0.25) is 9.69 Å². The fraction of sp³-hybridized carbons (Fsp3) is 0.222. The monoisotopic (exact) mass is 362 g/mol. The maximum absolute atomic E-state index is 12.7. The van der Waals surface area contributed by atoms with Crippen LogP contribution in [0.5, 0.6) is 5.75 Å². The molecule has 4 nitrogen and oxygen atoms in total. The first-order valence-electron chi connectivity index (χ1n) is 7.68. The molecule has 1 aliphatic heterocycles. The van der Waals surface area contributed by atoms with Crippen LogP contribution < -0.4 is 4.74 Å². The number of aryl methyl sites for hydroxylation is 1. The molecule has 2 aromatic rings. The second kappa shape index (κ2) is 7.65. The molecule has 1 saturated heterocycles. The summed E-state index contributed by atoms with van der Waals surface area (Å²) in [5.74, 6) is 0.584. The van der Waals surface area contributed by atoms with Gasteiger partial charge in [0, 0.05) is 17.9 Å². The van der Waals surface area contributed by atoms with E-state index in [0.29, 0.717) is 17.3 Å². The van der Waals surface area contributed by atoms with E-state index in [2.05, 4.69) is 9.73 Å². The summed E-state index contributed by atoms with van der Waals surface area (Å²) in [6, 6.07) is 13.4. The van der Waals surface area contributed by atoms with Crippen molar-refractivity contribution in [2.24, 2.45) is 4.99 Å². The number of carbonyl (C=O) groups is 1. The average molecular weight is 362 g/mol. The quantitative estimate of drug-likeness (QED) is 0.806. The van der Waals surface area contributed by atoms with Crippen molar-refractivity contribution in [3.05, 3.63) is 59.7 Å². The molecular formula is C18H16F2N2O2S. The van der Waals surface area contributed by atoms with Gasteiger partial charge in [0.1, 0.15) is 5.75 Å². The molecule has 0 spiro atoms. The third-order valence-corrected chi connectivity index (χ3v) is 4.64. The van der Waals surface area contributed by atoms with Gasteiger partial charge in [-0.05, 0) is 42.8 Å². The smallest absolute Gasteiger partial charge is 0.387 e. The van der Waals surface area contributed by atoms with Gasteiger partial charge in [-0.1, -0.05) is 30.0 Å². The number of para-hydroxylation sites is 1. The molecule has 1 aliphatic rings. The lowest BCUT2D eigenvalue weighted by Crippen LogP contribution is -2.31. The normalized spacial score (nSPS) is 15.8. The highest BCUT2D eigenvalue weighted by Gasteiger charge is 2.27. The van der Waals surface area contributed by atoms with E-state index in [0.717, 1.165) is 17.0 Å². The lowest BCUT2D eigenvalue weighted by atomic mass is 10.2. The Balaban J connectivity index is 1.80.